The van der Waals surface area contributed by atoms with Gasteiger partial charge in [0.25, 0.3) is 0 Å². The number of aryl methyl sites for hydroxylation is 2. The molecular formula is C15H13ClFNO. The Morgan fingerprint density at radius 2 is 1.84 bits per heavy atom. The maximum Gasteiger partial charge on any atom is 0.167 e. The predicted octanol–water partition coefficient (Wildman–Crippen LogP) is 3.92. The summed E-state index contributed by atoms with van der Waals surface area (Å²) in [5.41, 5.74) is 2.83. The highest BCUT2D eigenvalue weighted by Crippen LogP contribution is 2.19. The smallest absolute Gasteiger partial charge is 0.167 e. The van der Waals surface area contributed by atoms with E-state index in [4.69, 9.17) is 11.6 Å². The SMILES string of the molecule is Cc1cc(C(=O)Cc2ccc(F)cc2Cl)cc(C)n1. The van der Waals surface area contributed by atoms with Crippen LogP contribution in [0.2, 0.25) is 5.02 Å². The molecular weight excluding hydrogens is 265 g/mol. The molecule has 0 amide bonds. The molecule has 0 radical (unpaired) electrons. The van der Waals surface area contributed by atoms with E-state index >= 15 is 0 Å². The van der Waals surface area contributed by atoms with Crippen LogP contribution in [0.3, 0.4) is 0 Å². The third-order valence-corrected chi connectivity index (χ3v) is 3.12. The number of carbonyl (C=O) groups excluding carboxylic acids is 1. The van der Waals surface area contributed by atoms with Gasteiger partial charge in [0.2, 0.25) is 0 Å². The van der Waals surface area contributed by atoms with Gasteiger partial charge in [-0.1, -0.05) is 17.7 Å². The normalized spacial score (nSPS) is 10.5. The number of nitrogens with zero attached hydrogens (tertiary/aromatic N) is 1. The van der Waals surface area contributed by atoms with E-state index in [1.807, 2.05) is 13.8 Å². The lowest BCUT2D eigenvalue weighted by atomic mass is 10.0. The molecule has 0 saturated heterocycles. The fourth-order valence-corrected chi connectivity index (χ4v) is 2.17. The molecule has 0 fully saturated rings. The van der Waals surface area contributed by atoms with E-state index < -0.39 is 5.82 Å². The summed E-state index contributed by atoms with van der Waals surface area (Å²) in [5.74, 6) is -0.459. The monoisotopic (exact) mass is 277 g/mol. The fraction of sp³-hybridized carbons (Fsp3) is 0.200. The second-order valence-corrected chi connectivity index (χ2v) is 4.88. The Bertz CT molecular complexity index is 620. The number of ketones is 1. The Kier molecular flexibility index (Phi) is 3.96. The molecule has 0 aliphatic heterocycles. The maximum absolute atomic E-state index is 12.9. The molecule has 1 aromatic heterocycles. The molecule has 1 aromatic carbocycles. The van der Waals surface area contributed by atoms with Crippen LogP contribution in [0.15, 0.2) is 30.3 Å². The van der Waals surface area contributed by atoms with Gasteiger partial charge in [-0.2, -0.15) is 0 Å². The molecule has 0 aliphatic rings. The first-order valence-corrected chi connectivity index (χ1v) is 6.26. The van der Waals surface area contributed by atoms with Crippen LogP contribution in [0.5, 0.6) is 0 Å². The van der Waals surface area contributed by atoms with E-state index in [0.717, 1.165) is 11.4 Å². The van der Waals surface area contributed by atoms with Crippen LogP contribution >= 0.6 is 11.6 Å². The van der Waals surface area contributed by atoms with E-state index in [2.05, 4.69) is 4.98 Å². The molecule has 0 spiro atoms. The van der Waals surface area contributed by atoms with Gasteiger partial charge in [-0.25, -0.2) is 4.39 Å². The number of halogens is 2. The van der Waals surface area contributed by atoms with E-state index in [9.17, 15) is 9.18 Å². The number of hydrogen-bond acceptors (Lipinski definition) is 2. The van der Waals surface area contributed by atoms with Crippen LogP contribution < -0.4 is 0 Å². The third-order valence-electron chi connectivity index (χ3n) is 2.77. The van der Waals surface area contributed by atoms with Crippen molar-refractivity contribution < 1.29 is 9.18 Å². The zero-order valence-electron chi connectivity index (χ0n) is 10.7. The molecule has 0 saturated carbocycles. The van der Waals surface area contributed by atoms with E-state index in [0.29, 0.717) is 11.1 Å². The van der Waals surface area contributed by atoms with Gasteiger partial charge < -0.3 is 0 Å². The molecule has 19 heavy (non-hydrogen) atoms. The molecule has 4 heteroatoms. The van der Waals surface area contributed by atoms with Gasteiger partial charge in [-0.05, 0) is 43.7 Å². The van der Waals surface area contributed by atoms with Crippen LogP contribution in [0, 0.1) is 19.7 Å². The Morgan fingerprint density at radius 1 is 1.21 bits per heavy atom. The van der Waals surface area contributed by atoms with Gasteiger partial charge >= 0.3 is 0 Å². The van der Waals surface area contributed by atoms with Gasteiger partial charge in [0.15, 0.2) is 5.78 Å². The first-order valence-electron chi connectivity index (χ1n) is 5.88. The average molecular weight is 278 g/mol. The molecule has 98 valence electrons. The van der Waals surface area contributed by atoms with E-state index in [1.54, 1.807) is 12.1 Å². The predicted molar refractivity (Wildman–Crippen MR) is 73.2 cm³/mol. The van der Waals surface area contributed by atoms with Crippen LogP contribution in [0.1, 0.15) is 27.3 Å². The summed E-state index contributed by atoms with van der Waals surface area (Å²) >= 11 is 5.92. The summed E-state index contributed by atoms with van der Waals surface area (Å²) in [4.78, 5) is 16.4. The fourth-order valence-electron chi connectivity index (χ4n) is 1.94. The Morgan fingerprint density at radius 3 is 2.42 bits per heavy atom. The molecule has 1 heterocycles. The summed E-state index contributed by atoms with van der Waals surface area (Å²) in [7, 11) is 0. The number of rotatable bonds is 3. The lowest BCUT2D eigenvalue weighted by Crippen LogP contribution is -2.06. The summed E-state index contributed by atoms with van der Waals surface area (Å²) in [6.07, 6.45) is 0.155. The van der Waals surface area contributed by atoms with Crippen LogP contribution in [0.4, 0.5) is 4.39 Å². The van der Waals surface area contributed by atoms with Gasteiger partial charge in [-0.15, -0.1) is 0 Å². The van der Waals surface area contributed by atoms with Crippen LogP contribution in [-0.2, 0) is 6.42 Å². The largest absolute Gasteiger partial charge is 0.294 e. The van der Waals surface area contributed by atoms with Crippen molar-refractivity contribution in [1.29, 1.82) is 0 Å². The summed E-state index contributed by atoms with van der Waals surface area (Å²) < 4.78 is 12.9. The highest BCUT2D eigenvalue weighted by Gasteiger charge is 2.11. The van der Waals surface area contributed by atoms with Crippen molar-refractivity contribution in [2.24, 2.45) is 0 Å². The first kappa shape index (κ1) is 13.7. The second kappa shape index (κ2) is 5.49. The van der Waals surface area contributed by atoms with Crippen molar-refractivity contribution in [3.63, 3.8) is 0 Å². The Balaban J connectivity index is 2.25. The lowest BCUT2D eigenvalue weighted by Gasteiger charge is -2.06. The summed E-state index contributed by atoms with van der Waals surface area (Å²) in [6.45, 7) is 3.68. The minimum atomic E-state index is -0.406. The van der Waals surface area contributed by atoms with Crippen molar-refractivity contribution in [2.75, 3.05) is 0 Å². The molecule has 0 aliphatic carbocycles. The van der Waals surface area contributed by atoms with Crippen molar-refractivity contribution in [1.82, 2.24) is 4.98 Å². The molecule has 2 nitrogen and oxygen atoms in total. The molecule has 2 aromatic rings. The lowest BCUT2D eigenvalue weighted by molar-refractivity contribution is 0.0992. The standard InChI is InChI=1S/C15H13ClFNO/c1-9-5-12(6-10(2)18-9)15(19)7-11-3-4-13(17)8-14(11)16/h3-6,8H,7H2,1-2H3. The third kappa shape index (κ3) is 3.38. The molecule has 0 unspecified atom stereocenters. The molecule has 0 atom stereocenters. The highest BCUT2D eigenvalue weighted by molar-refractivity contribution is 6.31. The first-order chi connectivity index (χ1) is 8.95. The molecule has 2 rings (SSSR count). The number of benzene rings is 1. The quantitative estimate of drug-likeness (QED) is 0.796. The number of carbonyl (C=O) groups is 1. The van der Waals surface area contributed by atoms with Gasteiger partial charge in [-0.3, -0.25) is 9.78 Å². The van der Waals surface area contributed by atoms with Gasteiger partial charge in [0, 0.05) is 28.4 Å². The Hall–Kier alpha value is -1.74. The van der Waals surface area contributed by atoms with E-state index in [1.165, 1.54) is 18.2 Å². The number of Topliss-reactive ketones (excluding diaryl/α,β-unsaturated/α-hetero) is 1. The second-order valence-electron chi connectivity index (χ2n) is 4.47. The van der Waals surface area contributed by atoms with Gasteiger partial charge in [0.05, 0.1) is 0 Å². The number of hydrogen-bond donors (Lipinski definition) is 0. The van der Waals surface area contributed by atoms with Crippen LogP contribution in [0.25, 0.3) is 0 Å². The Labute approximate surface area is 116 Å². The minimum Gasteiger partial charge on any atom is -0.294 e. The maximum atomic E-state index is 12.9. The molecule has 0 N–H and O–H groups in total. The summed E-state index contributed by atoms with van der Waals surface area (Å²) in [5, 5.41) is 0.274. The van der Waals surface area contributed by atoms with Crippen molar-refractivity contribution in [3.05, 3.63) is 63.7 Å². The molecule has 0 bridgehead atoms. The summed E-state index contributed by atoms with van der Waals surface area (Å²) in [6, 6.07) is 7.54. The highest BCUT2D eigenvalue weighted by atomic mass is 35.5. The van der Waals surface area contributed by atoms with Crippen molar-refractivity contribution in [2.45, 2.75) is 20.3 Å². The zero-order chi connectivity index (χ0) is 14.0. The zero-order valence-corrected chi connectivity index (χ0v) is 11.5. The van der Waals surface area contributed by atoms with Crippen LogP contribution in [-0.4, -0.2) is 10.8 Å². The number of pyridine rings is 1. The van der Waals surface area contributed by atoms with E-state index in [-0.39, 0.29) is 17.2 Å². The van der Waals surface area contributed by atoms with Gasteiger partial charge in [0.1, 0.15) is 5.82 Å². The van der Waals surface area contributed by atoms with Crippen molar-refractivity contribution in [3.8, 4) is 0 Å². The number of aromatic nitrogens is 1. The minimum absolute atomic E-state index is 0.0536. The average Bonchev–Trinajstić information content (AvgIpc) is 2.31. The topological polar surface area (TPSA) is 30.0 Å². The van der Waals surface area contributed by atoms with Crippen molar-refractivity contribution >= 4 is 17.4 Å².